The number of carbonyl (C=O) groups is 2. The highest BCUT2D eigenvalue weighted by Gasteiger charge is 2.48. The van der Waals surface area contributed by atoms with Crippen LogP contribution in [0.4, 0.5) is 0 Å². The van der Waals surface area contributed by atoms with Gasteiger partial charge in [-0.2, -0.15) is 0 Å². The number of carbonyl (C=O) groups excluding carboxylic acids is 2. The summed E-state index contributed by atoms with van der Waals surface area (Å²) in [7, 11) is 0. The van der Waals surface area contributed by atoms with Crippen molar-refractivity contribution < 1.29 is 57.7 Å². The van der Waals surface area contributed by atoms with Crippen LogP contribution in [-0.4, -0.2) is 71.4 Å². The van der Waals surface area contributed by atoms with E-state index in [9.17, 15) is 14.7 Å². The normalized spacial score (nSPS) is 27.1. The maximum absolute atomic E-state index is 12.6. The molecule has 2 saturated heterocycles. The highest BCUT2D eigenvalue weighted by atomic mass is 16.8. The fourth-order valence-electron chi connectivity index (χ4n) is 4.89. The first-order valence-electron chi connectivity index (χ1n) is 14.2. The number of rotatable bonds is 8. The second-order valence-electron chi connectivity index (χ2n) is 11.4. The Morgan fingerprint density at radius 3 is 1.64 bits per heavy atom. The van der Waals surface area contributed by atoms with Crippen molar-refractivity contribution in [3.05, 3.63) is 94.8 Å². The molecule has 4 heterocycles. The minimum Gasteiger partial charge on any atom is -0.505 e. The van der Waals surface area contributed by atoms with Gasteiger partial charge in [0.15, 0.2) is 35.3 Å². The molecular formula is C32H36O12. The lowest BCUT2D eigenvalue weighted by Crippen LogP contribution is -2.33. The molecule has 0 amide bonds. The van der Waals surface area contributed by atoms with Gasteiger partial charge in [-0.25, -0.2) is 9.59 Å². The fraction of sp³-hybridized carbons (Fsp3) is 0.438. The Balaban J connectivity index is 0.000000215. The standard InChI is InChI=1S/C23H24O6.C9H12O6/c1-23(2)27-15-18(29-23)19-20(25-13-16-9-5-3-6-10-16)21(22(24)28-19)26-14-17-11-7-4-8-12-17;1-9(2)13-3-4(15-9)7-5(10)6(11)8(12)14-7/h3-12,18-19H,13-15H2,1-2H3;4,7,10-11H,3H2,1-2H3. The highest BCUT2D eigenvalue weighted by Crippen LogP contribution is 2.35. The van der Waals surface area contributed by atoms with Gasteiger partial charge >= 0.3 is 11.9 Å². The smallest absolute Gasteiger partial charge is 0.378 e. The summed E-state index contributed by atoms with van der Waals surface area (Å²) in [4.78, 5) is 23.5. The molecule has 2 aromatic rings. The number of esters is 2. The summed E-state index contributed by atoms with van der Waals surface area (Å²) in [6.07, 6.45) is -2.73. The van der Waals surface area contributed by atoms with Gasteiger partial charge in [0.05, 0.1) is 13.2 Å². The zero-order chi connectivity index (χ0) is 31.5. The molecule has 0 bridgehead atoms. The van der Waals surface area contributed by atoms with E-state index in [0.29, 0.717) is 19.0 Å². The van der Waals surface area contributed by atoms with Gasteiger partial charge in [-0.15, -0.1) is 0 Å². The Kier molecular flexibility index (Phi) is 9.16. The molecule has 2 fully saturated rings. The summed E-state index contributed by atoms with van der Waals surface area (Å²) < 4.78 is 44.4. The van der Waals surface area contributed by atoms with Gasteiger partial charge in [0, 0.05) is 0 Å². The van der Waals surface area contributed by atoms with Crippen LogP contribution in [-0.2, 0) is 60.7 Å². The number of aliphatic hydroxyl groups is 2. The number of hydrogen-bond donors (Lipinski definition) is 2. The van der Waals surface area contributed by atoms with Crippen LogP contribution in [0.5, 0.6) is 0 Å². The van der Waals surface area contributed by atoms with E-state index in [0.717, 1.165) is 11.1 Å². The molecule has 2 N–H and O–H groups in total. The van der Waals surface area contributed by atoms with Crippen molar-refractivity contribution in [3.8, 4) is 0 Å². The monoisotopic (exact) mass is 612 g/mol. The fourth-order valence-corrected chi connectivity index (χ4v) is 4.89. The lowest BCUT2D eigenvalue weighted by atomic mass is 10.1. The van der Waals surface area contributed by atoms with Crippen LogP contribution in [0.1, 0.15) is 38.8 Å². The van der Waals surface area contributed by atoms with E-state index >= 15 is 0 Å². The molecule has 0 saturated carbocycles. The topological polar surface area (TPSA) is 148 Å². The number of aliphatic hydroxyl groups excluding tert-OH is 2. The molecule has 6 rings (SSSR count). The summed E-state index contributed by atoms with van der Waals surface area (Å²) in [5.74, 6) is -3.82. The third kappa shape index (κ3) is 7.33. The van der Waals surface area contributed by atoms with E-state index in [-0.39, 0.29) is 19.0 Å². The van der Waals surface area contributed by atoms with Crippen LogP contribution in [0, 0.1) is 0 Å². The van der Waals surface area contributed by atoms with Crippen LogP contribution in [0.25, 0.3) is 0 Å². The van der Waals surface area contributed by atoms with Crippen LogP contribution < -0.4 is 0 Å². The average Bonchev–Trinajstić information content (AvgIpc) is 3.72. The van der Waals surface area contributed by atoms with Crippen molar-refractivity contribution in [2.45, 2.75) is 76.9 Å². The molecule has 4 atom stereocenters. The van der Waals surface area contributed by atoms with Gasteiger partial charge in [0.1, 0.15) is 25.4 Å². The average molecular weight is 613 g/mol. The minimum atomic E-state index is -0.973. The number of cyclic esters (lactones) is 2. The van der Waals surface area contributed by atoms with Crippen LogP contribution in [0.3, 0.4) is 0 Å². The van der Waals surface area contributed by atoms with E-state index in [4.69, 9.17) is 43.0 Å². The number of benzene rings is 2. The van der Waals surface area contributed by atoms with E-state index in [1.54, 1.807) is 13.8 Å². The molecule has 4 aliphatic heterocycles. The predicted octanol–water partition coefficient (Wildman–Crippen LogP) is 4.10. The molecule has 12 heteroatoms. The molecule has 12 nitrogen and oxygen atoms in total. The quantitative estimate of drug-likeness (QED) is 0.414. The molecule has 44 heavy (non-hydrogen) atoms. The van der Waals surface area contributed by atoms with E-state index in [2.05, 4.69) is 0 Å². The van der Waals surface area contributed by atoms with Gasteiger partial charge in [-0.3, -0.25) is 0 Å². The SMILES string of the molecule is CC1(C)OCC(C2OC(=O)C(O)=C2O)O1.CC1(C)OCC(C2OC(=O)C(OCc3ccccc3)=C2OCc2ccccc2)O1. The Morgan fingerprint density at radius 1 is 0.705 bits per heavy atom. The summed E-state index contributed by atoms with van der Waals surface area (Å²) in [6.45, 7) is 8.10. The van der Waals surface area contributed by atoms with Crippen molar-refractivity contribution in [1.29, 1.82) is 0 Å². The number of hydrogen-bond acceptors (Lipinski definition) is 12. The van der Waals surface area contributed by atoms with Crippen LogP contribution >= 0.6 is 0 Å². The maximum Gasteiger partial charge on any atom is 0.378 e. The molecule has 4 aliphatic rings. The second-order valence-corrected chi connectivity index (χ2v) is 11.4. The van der Waals surface area contributed by atoms with Gasteiger partial charge in [-0.05, 0) is 38.8 Å². The molecule has 0 radical (unpaired) electrons. The largest absolute Gasteiger partial charge is 0.505 e. The van der Waals surface area contributed by atoms with Gasteiger partial charge < -0.3 is 48.1 Å². The first-order chi connectivity index (χ1) is 20.9. The van der Waals surface area contributed by atoms with Crippen LogP contribution in [0.2, 0.25) is 0 Å². The predicted molar refractivity (Wildman–Crippen MR) is 151 cm³/mol. The second kappa shape index (κ2) is 12.9. The molecule has 0 spiro atoms. The third-order valence-electron chi connectivity index (χ3n) is 7.04. The van der Waals surface area contributed by atoms with E-state index in [1.165, 1.54) is 0 Å². The Morgan fingerprint density at radius 2 is 1.18 bits per heavy atom. The lowest BCUT2D eigenvalue weighted by molar-refractivity contribution is -0.164. The molecular weight excluding hydrogens is 576 g/mol. The van der Waals surface area contributed by atoms with E-state index in [1.807, 2.05) is 74.5 Å². The molecule has 2 aromatic carbocycles. The minimum absolute atomic E-state index is 0.0862. The number of ether oxygens (including phenoxy) is 8. The van der Waals surface area contributed by atoms with E-state index < -0.39 is 59.4 Å². The zero-order valence-electron chi connectivity index (χ0n) is 24.9. The summed E-state index contributed by atoms with van der Waals surface area (Å²) in [6, 6.07) is 19.3. The van der Waals surface area contributed by atoms with Crippen molar-refractivity contribution >= 4 is 11.9 Å². The zero-order valence-corrected chi connectivity index (χ0v) is 24.9. The summed E-state index contributed by atoms with van der Waals surface area (Å²) in [5, 5.41) is 18.5. The first kappa shape index (κ1) is 31.3. The van der Waals surface area contributed by atoms with Crippen molar-refractivity contribution in [2.24, 2.45) is 0 Å². The van der Waals surface area contributed by atoms with Crippen LogP contribution in [0.15, 0.2) is 83.7 Å². The van der Waals surface area contributed by atoms with Crippen molar-refractivity contribution in [3.63, 3.8) is 0 Å². The molecule has 4 unspecified atom stereocenters. The lowest BCUT2D eigenvalue weighted by Gasteiger charge is -2.22. The third-order valence-corrected chi connectivity index (χ3v) is 7.04. The molecule has 0 aromatic heterocycles. The van der Waals surface area contributed by atoms with Crippen molar-refractivity contribution in [1.82, 2.24) is 0 Å². The highest BCUT2D eigenvalue weighted by molar-refractivity contribution is 5.90. The van der Waals surface area contributed by atoms with Gasteiger partial charge in [0.25, 0.3) is 0 Å². The Labute approximate surface area is 254 Å². The van der Waals surface area contributed by atoms with Gasteiger partial charge in [0.2, 0.25) is 11.5 Å². The van der Waals surface area contributed by atoms with Crippen molar-refractivity contribution in [2.75, 3.05) is 13.2 Å². The maximum atomic E-state index is 12.6. The first-order valence-corrected chi connectivity index (χ1v) is 14.2. The Bertz CT molecular complexity index is 1400. The summed E-state index contributed by atoms with van der Waals surface area (Å²) in [5.41, 5.74) is 1.92. The molecule has 0 aliphatic carbocycles. The Hall–Kier alpha value is -4.10. The summed E-state index contributed by atoms with van der Waals surface area (Å²) >= 11 is 0. The van der Waals surface area contributed by atoms with Gasteiger partial charge in [-0.1, -0.05) is 60.7 Å². The molecule has 236 valence electrons.